The van der Waals surface area contributed by atoms with Crippen LogP contribution < -0.4 is 5.32 Å². The molecule has 0 aromatic carbocycles. The molecule has 1 saturated carbocycles. The first kappa shape index (κ1) is 13.3. The van der Waals surface area contributed by atoms with Gasteiger partial charge in [-0.3, -0.25) is 9.69 Å². The lowest BCUT2D eigenvalue weighted by Crippen LogP contribution is -2.52. The molecule has 2 fully saturated rings. The highest BCUT2D eigenvalue weighted by Crippen LogP contribution is 2.36. The summed E-state index contributed by atoms with van der Waals surface area (Å²) in [6, 6.07) is -0.240. The van der Waals surface area contributed by atoms with Crippen LogP contribution in [0.5, 0.6) is 0 Å². The Kier molecular flexibility index (Phi) is 4.22. The SMILES string of the molecule is CC(=O)NC(CN1CCCC2CCCC21)C(=O)O. The summed E-state index contributed by atoms with van der Waals surface area (Å²) in [6.07, 6.45) is 6.13. The topological polar surface area (TPSA) is 69.6 Å². The Morgan fingerprint density at radius 2 is 2.06 bits per heavy atom. The summed E-state index contributed by atoms with van der Waals surface area (Å²) in [5.74, 6) is -0.474. The third-order valence-electron chi connectivity index (χ3n) is 4.20. The molecule has 1 aliphatic heterocycles. The summed E-state index contributed by atoms with van der Waals surface area (Å²) in [7, 11) is 0. The number of amides is 1. The third-order valence-corrected chi connectivity index (χ3v) is 4.20. The molecule has 3 unspecified atom stereocenters. The van der Waals surface area contributed by atoms with Crippen LogP contribution in [0.1, 0.15) is 39.0 Å². The monoisotopic (exact) mass is 254 g/mol. The van der Waals surface area contributed by atoms with E-state index in [1.807, 2.05) is 0 Å². The van der Waals surface area contributed by atoms with Gasteiger partial charge in [-0.15, -0.1) is 0 Å². The zero-order valence-electron chi connectivity index (χ0n) is 10.9. The molecule has 5 nitrogen and oxygen atoms in total. The van der Waals surface area contributed by atoms with Crippen LogP contribution >= 0.6 is 0 Å². The van der Waals surface area contributed by atoms with Crippen LogP contribution in [0.4, 0.5) is 0 Å². The summed E-state index contributed by atoms with van der Waals surface area (Å²) in [5.41, 5.74) is 0. The second-order valence-corrected chi connectivity index (χ2v) is 5.49. The van der Waals surface area contributed by atoms with Crippen LogP contribution in [0.2, 0.25) is 0 Å². The van der Waals surface area contributed by atoms with E-state index in [-0.39, 0.29) is 5.91 Å². The van der Waals surface area contributed by atoms with Gasteiger partial charge in [0.25, 0.3) is 0 Å². The van der Waals surface area contributed by atoms with Gasteiger partial charge in [0.2, 0.25) is 5.91 Å². The molecule has 1 heterocycles. The van der Waals surface area contributed by atoms with E-state index >= 15 is 0 Å². The highest BCUT2D eigenvalue weighted by atomic mass is 16.4. The van der Waals surface area contributed by atoms with Gasteiger partial charge < -0.3 is 10.4 Å². The van der Waals surface area contributed by atoms with Crippen LogP contribution in [0.15, 0.2) is 0 Å². The number of rotatable bonds is 4. The predicted molar refractivity (Wildman–Crippen MR) is 67.2 cm³/mol. The number of nitrogens with zero attached hydrogens (tertiary/aromatic N) is 1. The van der Waals surface area contributed by atoms with E-state index in [2.05, 4.69) is 10.2 Å². The van der Waals surface area contributed by atoms with E-state index in [4.69, 9.17) is 5.11 Å². The van der Waals surface area contributed by atoms with Crippen molar-refractivity contribution in [3.63, 3.8) is 0 Å². The minimum Gasteiger partial charge on any atom is -0.480 e. The molecule has 0 spiro atoms. The lowest BCUT2D eigenvalue weighted by atomic mass is 9.91. The molecule has 5 heteroatoms. The molecule has 1 amide bonds. The third kappa shape index (κ3) is 3.02. The molecule has 2 aliphatic rings. The van der Waals surface area contributed by atoms with Crippen LogP contribution in [0.25, 0.3) is 0 Å². The maximum absolute atomic E-state index is 11.2. The van der Waals surface area contributed by atoms with Gasteiger partial charge in [0.1, 0.15) is 6.04 Å². The van der Waals surface area contributed by atoms with Gasteiger partial charge in [0.05, 0.1) is 0 Å². The molecule has 0 aromatic heterocycles. The number of piperidine rings is 1. The summed E-state index contributed by atoms with van der Waals surface area (Å²) in [6.45, 7) is 2.77. The number of hydrogen-bond acceptors (Lipinski definition) is 3. The second-order valence-electron chi connectivity index (χ2n) is 5.49. The zero-order chi connectivity index (χ0) is 13.1. The molecular formula is C13H22N2O3. The minimum absolute atomic E-state index is 0.276. The van der Waals surface area contributed by atoms with Crippen molar-refractivity contribution in [2.24, 2.45) is 5.92 Å². The molecule has 1 saturated heterocycles. The first-order valence-corrected chi connectivity index (χ1v) is 6.82. The number of carbonyl (C=O) groups excluding carboxylic acids is 1. The molecule has 2 N–H and O–H groups in total. The molecule has 1 aliphatic carbocycles. The lowest BCUT2D eigenvalue weighted by molar-refractivity contribution is -0.142. The Balaban J connectivity index is 1.97. The van der Waals surface area contributed by atoms with Crippen molar-refractivity contribution in [3.05, 3.63) is 0 Å². The van der Waals surface area contributed by atoms with Crippen LogP contribution in [0.3, 0.4) is 0 Å². The van der Waals surface area contributed by atoms with Crippen LogP contribution in [0, 0.1) is 5.92 Å². The van der Waals surface area contributed by atoms with Gasteiger partial charge in [0.15, 0.2) is 0 Å². The molecule has 2 rings (SSSR count). The lowest BCUT2D eigenvalue weighted by Gasteiger charge is -2.39. The summed E-state index contributed by atoms with van der Waals surface area (Å²) < 4.78 is 0. The number of carboxylic acids is 1. The number of carboxylic acid groups (broad SMARTS) is 1. The van der Waals surface area contributed by atoms with Gasteiger partial charge in [-0.05, 0) is 38.1 Å². The molecule has 102 valence electrons. The van der Waals surface area contributed by atoms with Gasteiger partial charge in [-0.25, -0.2) is 4.79 Å². The Morgan fingerprint density at radius 1 is 1.33 bits per heavy atom. The van der Waals surface area contributed by atoms with Crippen LogP contribution in [-0.4, -0.2) is 47.1 Å². The minimum atomic E-state index is -0.940. The number of aliphatic carboxylic acids is 1. The second kappa shape index (κ2) is 5.69. The smallest absolute Gasteiger partial charge is 0.327 e. The van der Waals surface area contributed by atoms with Crippen molar-refractivity contribution in [1.82, 2.24) is 10.2 Å². The van der Waals surface area contributed by atoms with Gasteiger partial charge in [-0.2, -0.15) is 0 Å². The van der Waals surface area contributed by atoms with Crippen LogP contribution in [-0.2, 0) is 9.59 Å². The molecule has 0 radical (unpaired) electrons. The van der Waals surface area contributed by atoms with E-state index in [9.17, 15) is 9.59 Å². The number of carbonyl (C=O) groups is 2. The van der Waals surface area contributed by atoms with E-state index in [1.165, 1.54) is 32.6 Å². The largest absolute Gasteiger partial charge is 0.480 e. The first-order valence-electron chi connectivity index (χ1n) is 6.82. The standard InChI is InChI=1S/C13H22N2O3/c1-9(16)14-11(13(17)18)8-15-7-3-5-10-4-2-6-12(10)15/h10-12H,2-8H2,1H3,(H,14,16)(H,17,18). The fourth-order valence-electron chi connectivity index (χ4n) is 3.45. The number of nitrogens with one attached hydrogen (secondary N) is 1. The fourth-order valence-corrected chi connectivity index (χ4v) is 3.45. The maximum atomic E-state index is 11.2. The summed E-state index contributed by atoms with van der Waals surface area (Å²) in [4.78, 5) is 24.5. The zero-order valence-corrected chi connectivity index (χ0v) is 10.9. The van der Waals surface area contributed by atoms with E-state index < -0.39 is 12.0 Å². The molecular weight excluding hydrogens is 232 g/mol. The molecule has 0 aromatic rings. The Bertz CT molecular complexity index is 332. The molecule has 18 heavy (non-hydrogen) atoms. The Labute approximate surface area is 108 Å². The van der Waals surface area contributed by atoms with Crippen molar-refractivity contribution in [2.45, 2.75) is 51.1 Å². The summed E-state index contributed by atoms with van der Waals surface area (Å²) >= 11 is 0. The highest BCUT2D eigenvalue weighted by molar-refractivity contribution is 5.82. The van der Waals surface area contributed by atoms with Crippen molar-refractivity contribution in [2.75, 3.05) is 13.1 Å². The normalized spacial score (nSPS) is 29.6. The number of hydrogen-bond donors (Lipinski definition) is 2. The van der Waals surface area contributed by atoms with E-state index in [0.717, 1.165) is 18.9 Å². The molecule has 0 bridgehead atoms. The van der Waals surface area contributed by atoms with Crippen molar-refractivity contribution >= 4 is 11.9 Å². The van der Waals surface area contributed by atoms with Gasteiger partial charge in [-0.1, -0.05) is 6.42 Å². The quantitative estimate of drug-likeness (QED) is 0.780. The van der Waals surface area contributed by atoms with E-state index in [1.54, 1.807) is 0 Å². The predicted octanol–water partition coefficient (Wildman–Crippen LogP) is 0.840. The fraction of sp³-hybridized carbons (Fsp3) is 0.846. The Hall–Kier alpha value is -1.10. The Morgan fingerprint density at radius 3 is 2.72 bits per heavy atom. The van der Waals surface area contributed by atoms with Crippen molar-refractivity contribution in [1.29, 1.82) is 0 Å². The van der Waals surface area contributed by atoms with Crippen molar-refractivity contribution in [3.8, 4) is 0 Å². The average Bonchev–Trinajstić information content (AvgIpc) is 2.76. The van der Waals surface area contributed by atoms with Gasteiger partial charge >= 0.3 is 5.97 Å². The highest BCUT2D eigenvalue weighted by Gasteiger charge is 2.36. The number of likely N-dealkylation sites (tertiary alicyclic amines) is 1. The van der Waals surface area contributed by atoms with Crippen molar-refractivity contribution < 1.29 is 14.7 Å². The van der Waals surface area contributed by atoms with E-state index in [0.29, 0.717) is 12.6 Å². The van der Waals surface area contributed by atoms with Gasteiger partial charge in [0, 0.05) is 19.5 Å². The average molecular weight is 254 g/mol. The maximum Gasteiger partial charge on any atom is 0.327 e. The summed E-state index contributed by atoms with van der Waals surface area (Å²) in [5, 5.41) is 11.7. The molecule has 3 atom stereocenters. The number of fused-ring (bicyclic) bond motifs is 1. The first-order chi connectivity index (χ1) is 8.58.